The van der Waals surface area contributed by atoms with Gasteiger partial charge in [-0.3, -0.25) is 14.4 Å². The third-order valence-corrected chi connectivity index (χ3v) is 6.75. The quantitative estimate of drug-likeness (QED) is 0.642. The minimum Gasteiger partial charge on any atom is -0.479 e. The van der Waals surface area contributed by atoms with Crippen LogP contribution in [0.3, 0.4) is 0 Å². The van der Waals surface area contributed by atoms with E-state index < -0.39 is 12.1 Å². The summed E-state index contributed by atoms with van der Waals surface area (Å²) in [5.74, 6) is -0.369. The molecule has 2 atom stereocenters. The summed E-state index contributed by atoms with van der Waals surface area (Å²) in [7, 11) is 0. The molecule has 0 spiro atoms. The number of esters is 1. The van der Waals surface area contributed by atoms with Gasteiger partial charge in [-0.05, 0) is 37.6 Å². The smallest absolute Gasteiger partial charge is 0.308 e. The fourth-order valence-electron chi connectivity index (χ4n) is 3.83. The van der Waals surface area contributed by atoms with E-state index in [1.165, 1.54) is 4.90 Å². The summed E-state index contributed by atoms with van der Waals surface area (Å²) in [5, 5.41) is 0.396. The van der Waals surface area contributed by atoms with Crippen LogP contribution in [0.4, 0.5) is 11.4 Å². The number of thioether (sulfide) groups is 1. The Balaban J connectivity index is 1.35. The number of nitrogens with zero attached hydrogens (tertiary/aromatic N) is 2. The molecule has 0 bridgehead atoms. The Kier molecular flexibility index (Phi) is 6.69. The molecule has 0 fully saturated rings. The molecule has 7 nitrogen and oxygen atoms in total. The highest BCUT2D eigenvalue weighted by atomic mass is 32.2. The molecule has 8 heteroatoms. The second kappa shape index (κ2) is 9.65. The van der Waals surface area contributed by atoms with E-state index in [-0.39, 0.29) is 31.4 Å². The van der Waals surface area contributed by atoms with Gasteiger partial charge in [-0.2, -0.15) is 0 Å². The maximum absolute atomic E-state index is 12.8. The first-order valence-electron chi connectivity index (χ1n) is 10.7. The van der Waals surface area contributed by atoms with Gasteiger partial charge in [-0.15, -0.1) is 11.8 Å². The molecule has 2 aliphatic rings. The third-order valence-electron chi connectivity index (χ3n) is 5.51. The molecule has 2 aromatic rings. The number of carbonyl (C=O) groups is 3. The van der Waals surface area contributed by atoms with Crippen molar-refractivity contribution < 1.29 is 23.9 Å². The number of para-hydroxylation sites is 3. The van der Waals surface area contributed by atoms with Crippen LogP contribution in [-0.2, 0) is 19.1 Å². The summed E-state index contributed by atoms with van der Waals surface area (Å²) >= 11 is 1.75. The summed E-state index contributed by atoms with van der Waals surface area (Å²) in [5.41, 5.74) is 1.49. The lowest BCUT2D eigenvalue weighted by Gasteiger charge is -2.32. The van der Waals surface area contributed by atoms with Crippen LogP contribution < -0.4 is 14.5 Å². The number of anilines is 2. The predicted molar refractivity (Wildman–Crippen MR) is 123 cm³/mol. The van der Waals surface area contributed by atoms with Gasteiger partial charge in [0.05, 0.1) is 17.8 Å². The molecular weight excluding hydrogens is 428 g/mol. The summed E-state index contributed by atoms with van der Waals surface area (Å²) in [6.07, 6.45) is 0.227. The zero-order chi connectivity index (χ0) is 22.7. The molecule has 168 valence electrons. The molecule has 32 heavy (non-hydrogen) atoms. The van der Waals surface area contributed by atoms with E-state index in [0.29, 0.717) is 23.2 Å². The first-order chi connectivity index (χ1) is 15.4. The molecule has 2 heterocycles. The lowest BCUT2D eigenvalue weighted by molar-refractivity contribution is -0.147. The van der Waals surface area contributed by atoms with E-state index in [0.717, 1.165) is 17.0 Å². The van der Waals surface area contributed by atoms with Crippen LogP contribution in [0.2, 0.25) is 0 Å². The molecule has 2 unspecified atom stereocenters. The number of benzene rings is 2. The standard InChI is InChI=1S/C24H26N2O5S/c1-16-11-13-25(19-8-4-6-10-21(19)32-16)22(27)15-30-23(28)12-14-26-18-7-3-5-9-20(18)31-17(2)24(26)29/h3-10,16-17H,11-15H2,1-2H3. The molecular formula is C24H26N2O5S. The first-order valence-corrected chi connectivity index (χ1v) is 11.6. The zero-order valence-corrected chi connectivity index (χ0v) is 19.0. The number of amides is 2. The van der Waals surface area contributed by atoms with E-state index in [2.05, 4.69) is 6.92 Å². The number of rotatable bonds is 5. The van der Waals surface area contributed by atoms with Crippen molar-refractivity contribution in [2.75, 3.05) is 29.5 Å². The maximum Gasteiger partial charge on any atom is 0.308 e. The fourth-order valence-corrected chi connectivity index (χ4v) is 4.94. The first kappa shape index (κ1) is 22.2. The summed E-state index contributed by atoms with van der Waals surface area (Å²) < 4.78 is 10.9. The number of hydrogen-bond acceptors (Lipinski definition) is 6. The summed E-state index contributed by atoms with van der Waals surface area (Å²) in [6.45, 7) is 4.24. The van der Waals surface area contributed by atoms with Crippen molar-refractivity contribution in [2.45, 2.75) is 42.9 Å². The van der Waals surface area contributed by atoms with Crippen molar-refractivity contribution in [1.82, 2.24) is 0 Å². The molecule has 2 aliphatic heterocycles. The van der Waals surface area contributed by atoms with E-state index in [1.807, 2.05) is 36.4 Å². The average molecular weight is 455 g/mol. The monoisotopic (exact) mass is 454 g/mol. The van der Waals surface area contributed by atoms with Gasteiger partial charge < -0.3 is 19.3 Å². The number of ether oxygens (including phenoxy) is 2. The van der Waals surface area contributed by atoms with Gasteiger partial charge in [0.2, 0.25) is 0 Å². The van der Waals surface area contributed by atoms with Crippen LogP contribution in [0.1, 0.15) is 26.7 Å². The van der Waals surface area contributed by atoms with Crippen LogP contribution in [0.15, 0.2) is 53.4 Å². The predicted octanol–water partition coefficient (Wildman–Crippen LogP) is 3.65. The van der Waals surface area contributed by atoms with Crippen LogP contribution in [-0.4, -0.2) is 48.8 Å². The Morgan fingerprint density at radius 3 is 2.62 bits per heavy atom. The normalized spacial score (nSPS) is 20.0. The summed E-state index contributed by atoms with van der Waals surface area (Å²) in [4.78, 5) is 42.0. The van der Waals surface area contributed by atoms with E-state index in [9.17, 15) is 14.4 Å². The second-order valence-corrected chi connectivity index (χ2v) is 9.34. The number of carbonyl (C=O) groups excluding carboxylic acids is 3. The van der Waals surface area contributed by atoms with Gasteiger partial charge in [0.1, 0.15) is 5.75 Å². The van der Waals surface area contributed by atoms with E-state index >= 15 is 0 Å². The van der Waals surface area contributed by atoms with Crippen LogP contribution in [0.5, 0.6) is 5.75 Å². The third kappa shape index (κ3) is 4.75. The zero-order valence-electron chi connectivity index (χ0n) is 18.2. The molecule has 0 aromatic heterocycles. The average Bonchev–Trinajstić information content (AvgIpc) is 2.96. The number of fused-ring (bicyclic) bond motifs is 2. The lowest BCUT2D eigenvalue weighted by atomic mass is 10.2. The number of hydrogen-bond donors (Lipinski definition) is 0. The molecule has 0 radical (unpaired) electrons. The van der Waals surface area contributed by atoms with Crippen molar-refractivity contribution in [3.8, 4) is 5.75 Å². The van der Waals surface area contributed by atoms with Crippen LogP contribution in [0.25, 0.3) is 0 Å². The molecule has 0 saturated carbocycles. The van der Waals surface area contributed by atoms with Gasteiger partial charge in [-0.1, -0.05) is 31.2 Å². The molecule has 2 aromatic carbocycles. The lowest BCUT2D eigenvalue weighted by Crippen LogP contribution is -2.45. The summed E-state index contributed by atoms with van der Waals surface area (Å²) in [6, 6.07) is 15.0. The van der Waals surface area contributed by atoms with Crippen LogP contribution in [0, 0.1) is 0 Å². The van der Waals surface area contributed by atoms with Crippen molar-refractivity contribution >= 4 is 40.9 Å². The van der Waals surface area contributed by atoms with Crippen molar-refractivity contribution in [1.29, 1.82) is 0 Å². The fraction of sp³-hybridized carbons (Fsp3) is 0.375. The van der Waals surface area contributed by atoms with Crippen molar-refractivity contribution in [2.24, 2.45) is 0 Å². The molecule has 0 saturated heterocycles. The van der Waals surface area contributed by atoms with Crippen molar-refractivity contribution in [3.63, 3.8) is 0 Å². The Hall–Kier alpha value is -3.00. The minimum atomic E-state index is -0.620. The van der Waals surface area contributed by atoms with Crippen molar-refractivity contribution in [3.05, 3.63) is 48.5 Å². The van der Waals surface area contributed by atoms with E-state index in [4.69, 9.17) is 9.47 Å². The van der Waals surface area contributed by atoms with Gasteiger partial charge in [0, 0.05) is 23.2 Å². The highest BCUT2D eigenvalue weighted by Gasteiger charge is 2.31. The Bertz CT molecular complexity index is 1030. The second-order valence-electron chi connectivity index (χ2n) is 7.86. The topological polar surface area (TPSA) is 76.2 Å². The Morgan fingerprint density at radius 2 is 1.81 bits per heavy atom. The van der Waals surface area contributed by atoms with Gasteiger partial charge in [0.25, 0.3) is 11.8 Å². The molecule has 0 N–H and O–H groups in total. The Labute approximate surface area is 191 Å². The molecule has 0 aliphatic carbocycles. The Morgan fingerprint density at radius 1 is 1.09 bits per heavy atom. The molecule has 4 rings (SSSR count). The van der Waals surface area contributed by atoms with Gasteiger partial charge >= 0.3 is 5.97 Å². The van der Waals surface area contributed by atoms with Crippen LogP contribution >= 0.6 is 11.8 Å². The minimum absolute atomic E-state index is 0.0104. The maximum atomic E-state index is 12.8. The highest BCUT2D eigenvalue weighted by molar-refractivity contribution is 8.00. The van der Waals surface area contributed by atoms with Gasteiger partial charge in [-0.25, -0.2) is 0 Å². The van der Waals surface area contributed by atoms with E-state index in [1.54, 1.807) is 35.7 Å². The largest absolute Gasteiger partial charge is 0.479 e. The molecule has 2 amide bonds. The SMILES string of the molecule is CC1CCN(C(=O)COC(=O)CCN2C(=O)C(C)Oc3ccccc32)c2ccccc2S1. The van der Waals surface area contributed by atoms with Gasteiger partial charge in [0.15, 0.2) is 12.7 Å². The highest BCUT2D eigenvalue weighted by Crippen LogP contribution is 2.37.